The van der Waals surface area contributed by atoms with Gasteiger partial charge in [0.2, 0.25) is 0 Å². The van der Waals surface area contributed by atoms with Crippen molar-refractivity contribution in [2.24, 2.45) is 0 Å². The Bertz CT molecular complexity index is 348. The first-order valence-electron chi connectivity index (χ1n) is 4.41. The third kappa shape index (κ3) is 1.00. The monoisotopic (exact) mass is 176 g/mol. The molecule has 0 unspecified atom stereocenters. The highest BCUT2D eigenvalue weighted by atomic mass is 15.3. The molecule has 1 aliphatic carbocycles. The Morgan fingerprint density at radius 2 is 2.38 bits per heavy atom. The van der Waals surface area contributed by atoms with Crippen LogP contribution in [0.2, 0.25) is 0 Å². The van der Waals surface area contributed by atoms with E-state index in [4.69, 9.17) is 11.0 Å². The molecule has 0 saturated heterocycles. The second-order valence-corrected chi connectivity index (χ2v) is 3.61. The molecule has 1 heterocycles. The number of aryl methyl sites for hydroxylation is 1. The topological polar surface area (TPSA) is 67.6 Å². The Morgan fingerprint density at radius 3 is 2.69 bits per heavy atom. The summed E-state index contributed by atoms with van der Waals surface area (Å²) in [5.74, 6) is 0. The van der Waals surface area contributed by atoms with Gasteiger partial charge in [-0.15, -0.1) is 0 Å². The molecule has 68 valence electrons. The molecule has 0 amide bonds. The van der Waals surface area contributed by atoms with Gasteiger partial charge in [-0.1, -0.05) is 0 Å². The van der Waals surface area contributed by atoms with Crippen LogP contribution in [0.25, 0.3) is 0 Å². The van der Waals surface area contributed by atoms with E-state index in [-0.39, 0.29) is 0 Å². The highest BCUT2D eigenvalue weighted by Crippen LogP contribution is 2.38. The van der Waals surface area contributed by atoms with Crippen LogP contribution in [0.3, 0.4) is 0 Å². The molecule has 1 aromatic rings. The van der Waals surface area contributed by atoms with Gasteiger partial charge in [0.1, 0.15) is 5.54 Å². The van der Waals surface area contributed by atoms with Gasteiger partial charge < -0.3 is 5.73 Å². The van der Waals surface area contributed by atoms with Crippen molar-refractivity contribution in [2.75, 3.05) is 5.73 Å². The average Bonchev–Trinajstić information content (AvgIpc) is 2.31. The van der Waals surface area contributed by atoms with E-state index in [0.29, 0.717) is 5.69 Å². The minimum absolute atomic E-state index is 0.400. The molecule has 1 aromatic heterocycles. The smallest absolute Gasteiger partial charge is 0.148 e. The van der Waals surface area contributed by atoms with Crippen molar-refractivity contribution in [2.45, 2.75) is 31.7 Å². The number of anilines is 1. The van der Waals surface area contributed by atoms with Crippen molar-refractivity contribution in [3.05, 3.63) is 11.9 Å². The normalized spacial score (nSPS) is 19.1. The lowest BCUT2D eigenvalue weighted by Gasteiger charge is -2.35. The van der Waals surface area contributed by atoms with Crippen LogP contribution in [0.5, 0.6) is 0 Å². The first-order valence-corrected chi connectivity index (χ1v) is 4.41. The van der Waals surface area contributed by atoms with E-state index in [0.717, 1.165) is 25.0 Å². The largest absolute Gasteiger partial charge is 0.396 e. The molecule has 1 aliphatic rings. The van der Waals surface area contributed by atoms with Crippen LogP contribution >= 0.6 is 0 Å². The quantitative estimate of drug-likeness (QED) is 0.698. The van der Waals surface area contributed by atoms with Gasteiger partial charge in [0.05, 0.1) is 23.6 Å². The minimum atomic E-state index is -0.400. The predicted molar refractivity (Wildman–Crippen MR) is 48.8 cm³/mol. The first kappa shape index (κ1) is 8.11. The number of nitriles is 1. The van der Waals surface area contributed by atoms with Crippen LogP contribution in [0, 0.1) is 18.3 Å². The molecule has 0 bridgehead atoms. The molecule has 0 aliphatic heterocycles. The van der Waals surface area contributed by atoms with E-state index in [1.165, 1.54) is 0 Å². The highest BCUT2D eigenvalue weighted by molar-refractivity contribution is 5.40. The van der Waals surface area contributed by atoms with Crippen LogP contribution in [0.1, 0.15) is 25.0 Å². The van der Waals surface area contributed by atoms with E-state index >= 15 is 0 Å². The maximum Gasteiger partial charge on any atom is 0.148 e. The van der Waals surface area contributed by atoms with Gasteiger partial charge in [-0.05, 0) is 26.2 Å². The minimum Gasteiger partial charge on any atom is -0.396 e. The third-order valence-corrected chi connectivity index (χ3v) is 2.76. The number of nitrogen functional groups attached to an aromatic ring is 1. The van der Waals surface area contributed by atoms with Crippen molar-refractivity contribution >= 4 is 5.69 Å². The molecular weight excluding hydrogens is 164 g/mol. The van der Waals surface area contributed by atoms with Crippen molar-refractivity contribution in [1.29, 1.82) is 5.26 Å². The number of aromatic nitrogens is 2. The molecular formula is C9H12N4. The van der Waals surface area contributed by atoms with Gasteiger partial charge in [-0.3, -0.25) is 4.68 Å². The second-order valence-electron chi connectivity index (χ2n) is 3.61. The second kappa shape index (κ2) is 2.49. The lowest BCUT2D eigenvalue weighted by Crippen LogP contribution is -2.39. The number of nitrogens with two attached hydrogens (primary N) is 1. The van der Waals surface area contributed by atoms with Gasteiger partial charge in [0.15, 0.2) is 0 Å². The summed E-state index contributed by atoms with van der Waals surface area (Å²) in [6.45, 7) is 1.86. The number of hydrogen-bond donors (Lipinski definition) is 1. The number of hydrogen-bond acceptors (Lipinski definition) is 3. The molecule has 1 saturated carbocycles. The molecule has 4 nitrogen and oxygen atoms in total. The average molecular weight is 176 g/mol. The molecule has 0 atom stereocenters. The Labute approximate surface area is 77.0 Å². The Kier molecular flexibility index (Phi) is 1.56. The third-order valence-electron chi connectivity index (χ3n) is 2.76. The zero-order valence-electron chi connectivity index (χ0n) is 7.62. The van der Waals surface area contributed by atoms with Gasteiger partial charge in [-0.2, -0.15) is 10.4 Å². The Hall–Kier alpha value is -1.50. The summed E-state index contributed by atoms with van der Waals surface area (Å²) >= 11 is 0. The van der Waals surface area contributed by atoms with Gasteiger partial charge in [-0.25, -0.2) is 0 Å². The molecule has 2 rings (SSSR count). The van der Waals surface area contributed by atoms with Crippen LogP contribution in [0.4, 0.5) is 5.69 Å². The molecule has 1 fully saturated rings. The molecule has 4 heteroatoms. The van der Waals surface area contributed by atoms with Crippen molar-refractivity contribution in [1.82, 2.24) is 9.78 Å². The summed E-state index contributed by atoms with van der Waals surface area (Å²) in [4.78, 5) is 0. The molecule has 2 N–H and O–H groups in total. The fraction of sp³-hybridized carbons (Fsp3) is 0.556. The van der Waals surface area contributed by atoms with E-state index < -0.39 is 5.54 Å². The maximum atomic E-state index is 9.04. The van der Waals surface area contributed by atoms with E-state index in [1.807, 2.05) is 6.92 Å². The first-order chi connectivity index (χ1) is 6.18. The lowest BCUT2D eigenvalue weighted by molar-refractivity contribution is 0.196. The van der Waals surface area contributed by atoms with Crippen molar-refractivity contribution in [3.8, 4) is 6.07 Å². The standard InChI is InChI=1S/C9H12N4/c1-7-8(11)5-13(12-7)9(6-10)3-2-4-9/h5H,2-4,11H2,1H3. The zero-order valence-corrected chi connectivity index (χ0v) is 7.62. The lowest BCUT2D eigenvalue weighted by atomic mass is 9.78. The SMILES string of the molecule is Cc1nn(C2(C#N)CCC2)cc1N. The molecule has 0 aromatic carbocycles. The number of rotatable bonds is 1. The number of nitrogens with zero attached hydrogens (tertiary/aromatic N) is 3. The van der Waals surface area contributed by atoms with Gasteiger partial charge >= 0.3 is 0 Å². The summed E-state index contributed by atoms with van der Waals surface area (Å²) in [5.41, 5.74) is 6.75. The van der Waals surface area contributed by atoms with Crippen molar-refractivity contribution < 1.29 is 0 Å². The molecule has 0 radical (unpaired) electrons. The molecule has 0 spiro atoms. The fourth-order valence-corrected chi connectivity index (χ4v) is 1.60. The zero-order chi connectivity index (χ0) is 9.47. The summed E-state index contributed by atoms with van der Waals surface area (Å²) in [7, 11) is 0. The van der Waals surface area contributed by atoms with E-state index in [9.17, 15) is 0 Å². The van der Waals surface area contributed by atoms with E-state index in [2.05, 4.69) is 11.2 Å². The van der Waals surface area contributed by atoms with Crippen LogP contribution in [-0.4, -0.2) is 9.78 Å². The Morgan fingerprint density at radius 1 is 1.69 bits per heavy atom. The predicted octanol–water partition coefficient (Wildman–Crippen LogP) is 1.18. The highest BCUT2D eigenvalue weighted by Gasteiger charge is 2.40. The summed E-state index contributed by atoms with van der Waals surface area (Å²) in [6, 6.07) is 2.32. The van der Waals surface area contributed by atoms with Crippen molar-refractivity contribution in [3.63, 3.8) is 0 Å². The fourth-order valence-electron chi connectivity index (χ4n) is 1.60. The van der Waals surface area contributed by atoms with Crippen LogP contribution in [0.15, 0.2) is 6.20 Å². The molecule has 13 heavy (non-hydrogen) atoms. The van der Waals surface area contributed by atoms with Crippen LogP contribution in [-0.2, 0) is 5.54 Å². The van der Waals surface area contributed by atoms with Gasteiger partial charge in [0, 0.05) is 0 Å². The summed E-state index contributed by atoms with van der Waals surface area (Å²) < 4.78 is 1.72. The van der Waals surface area contributed by atoms with Crippen LogP contribution < -0.4 is 5.73 Å². The van der Waals surface area contributed by atoms with Gasteiger partial charge in [0.25, 0.3) is 0 Å². The Balaban J connectivity index is 2.40. The maximum absolute atomic E-state index is 9.04. The summed E-state index contributed by atoms with van der Waals surface area (Å²) in [5, 5.41) is 13.3. The van der Waals surface area contributed by atoms with E-state index in [1.54, 1.807) is 10.9 Å². The summed E-state index contributed by atoms with van der Waals surface area (Å²) in [6.07, 6.45) is 4.65.